The number of fused-ring (bicyclic) bond motifs is 1. The van der Waals surface area contributed by atoms with Gasteiger partial charge < -0.3 is 5.32 Å². The molecule has 31 heavy (non-hydrogen) atoms. The fraction of sp³-hybridized carbons (Fsp3) is 0.0417. The van der Waals surface area contributed by atoms with E-state index in [0.29, 0.717) is 5.69 Å². The Morgan fingerprint density at radius 3 is 2.16 bits per heavy atom. The quantitative estimate of drug-likeness (QED) is 0.473. The van der Waals surface area contributed by atoms with Crippen LogP contribution < -0.4 is 9.62 Å². The highest BCUT2D eigenvalue weighted by Crippen LogP contribution is 2.24. The molecule has 0 unspecified atom stereocenters. The van der Waals surface area contributed by atoms with E-state index in [1.54, 1.807) is 24.3 Å². The van der Waals surface area contributed by atoms with Crippen molar-refractivity contribution in [1.29, 1.82) is 0 Å². The molecule has 156 valence electrons. The maximum atomic E-state index is 13.4. The molecule has 0 saturated heterocycles. The Hall–Kier alpha value is -3.71. The van der Waals surface area contributed by atoms with Crippen LogP contribution in [-0.4, -0.2) is 20.9 Å². The minimum absolute atomic E-state index is 0.0397. The maximum absolute atomic E-state index is 13.4. The number of amides is 1. The van der Waals surface area contributed by atoms with Gasteiger partial charge in [0.25, 0.3) is 10.0 Å². The average molecular weight is 434 g/mol. The highest BCUT2D eigenvalue weighted by molar-refractivity contribution is 7.92. The van der Waals surface area contributed by atoms with Crippen LogP contribution in [0.4, 0.5) is 15.8 Å². The Labute approximate surface area is 179 Å². The molecule has 7 heteroatoms. The largest absolute Gasteiger partial charge is 0.324 e. The molecule has 1 N–H and O–H groups in total. The molecule has 1 amide bonds. The molecule has 0 aliphatic carbocycles. The Kier molecular flexibility index (Phi) is 5.68. The van der Waals surface area contributed by atoms with E-state index in [1.807, 2.05) is 36.4 Å². The smallest absolute Gasteiger partial charge is 0.264 e. The summed E-state index contributed by atoms with van der Waals surface area (Å²) in [7, 11) is -4.04. The molecule has 4 aromatic carbocycles. The second-order valence-electron chi connectivity index (χ2n) is 6.91. The van der Waals surface area contributed by atoms with E-state index >= 15 is 0 Å². The van der Waals surface area contributed by atoms with Crippen LogP contribution in [0.2, 0.25) is 0 Å². The number of carbonyl (C=O) groups excluding carboxylic acids is 1. The van der Waals surface area contributed by atoms with E-state index in [1.165, 1.54) is 24.3 Å². The number of carbonyl (C=O) groups is 1. The molecule has 4 rings (SSSR count). The van der Waals surface area contributed by atoms with Crippen molar-refractivity contribution in [2.45, 2.75) is 4.90 Å². The lowest BCUT2D eigenvalue weighted by atomic mass is 10.1. The van der Waals surface area contributed by atoms with Crippen molar-refractivity contribution >= 4 is 38.1 Å². The molecule has 0 aliphatic rings. The number of hydrogen-bond donors (Lipinski definition) is 1. The molecule has 0 spiro atoms. The van der Waals surface area contributed by atoms with Gasteiger partial charge in [-0.25, -0.2) is 12.8 Å². The minimum atomic E-state index is -4.04. The standard InChI is InChI=1S/C24H19FN2O3S/c25-20-11-14-22(15-12-20)27(31(29,30)23-8-2-1-3-9-23)17-24(28)26-21-13-10-18-6-4-5-7-19(18)16-21/h1-16H,17H2,(H,26,28). The van der Waals surface area contributed by atoms with E-state index in [2.05, 4.69) is 5.32 Å². The Morgan fingerprint density at radius 2 is 1.45 bits per heavy atom. The second-order valence-corrected chi connectivity index (χ2v) is 8.77. The summed E-state index contributed by atoms with van der Waals surface area (Å²) in [5.41, 5.74) is 0.749. The van der Waals surface area contributed by atoms with Crippen LogP contribution in [0.25, 0.3) is 10.8 Å². The lowest BCUT2D eigenvalue weighted by Crippen LogP contribution is -2.38. The van der Waals surface area contributed by atoms with Gasteiger partial charge in [0.05, 0.1) is 10.6 Å². The average Bonchev–Trinajstić information content (AvgIpc) is 2.78. The van der Waals surface area contributed by atoms with Gasteiger partial charge in [0.1, 0.15) is 12.4 Å². The number of halogens is 1. The summed E-state index contributed by atoms with van der Waals surface area (Å²) >= 11 is 0. The summed E-state index contributed by atoms with van der Waals surface area (Å²) in [4.78, 5) is 12.8. The number of nitrogens with one attached hydrogen (secondary N) is 1. The summed E-state index contributed by atoms with van der Waals surface area (Å²) in [6.07, 6.45) is 0. The van der Waals surface area contributed by atoms with E-state index in [9.17, 15) is 17.6 Å². The Balaban J connectivity index is 1.63. The number of sulfonamides is 1. The fourth-order valence-corrected chi connectivity index (χ4v) is 4.68. The maximum Gasteiger partial charge on any atom is 0.264 e. The zero-order valence-electron chi connectivity index (χ0n) is 16.4. The monoisotopic (exact) mass is 434 g/mol. The first-order valence-corrected chi connectivity index (χ1v) is 11.0. The molecular formula is C24H19FN2O3S. The van der Waals surface area contributed by atoms with Crippen molar-refractivity contribution in [1.82, 2.24) is 0 Å². The van der Waals surface area contributed by atoms with Crippen molar-refractivity contribution in [2.75, 3.05) is 16.2 Å². The fourth-order valence-electron chi connectivity index (χ4n) is 3.24. The molecule has 0 atom stereocenters. The van der Waals surface area contributed by atoms with E-state index in [4.69, 9.17) is 0 Å². The predicted octanol–water partition coefficient (Wildman–Crippen LogP) is 4.81. The topological polar surface area (TPSA) is 66.5 Å². The molecule has 0 fully saturated rings. The van der Waals surface area contributed by atoms with E-state index < -0.39 is 28.3 Å². The van der Waals surface area contributed by atoms with Gasteiger partial charge in [-0.1, -0.05) is 48.5 Å². The lowest BCUT2D eigenvalue weighted by molar-refractivity contribution is -0.114. The van der Waals surface area contributed by atoms with Gasteiger partial charge in [-0.15, -0.1) is 0 Å². The zero-order valence-corrected chi connectivity index (χ0v) is 17.2. The van der Waals surface area contributed by atoms with Crippen molar-refractivity contribution in [2.24, 2.45) is 0 Å². The molecule has 0 saturated carbocycles. The summed E-state index contributed by atoms with van der Waals surface area (Å²) in [6.45, 7) is -0.463. The zero-order chi connectivity index (χ0) is 21.8. The van der Waals surface area contributed by atoms with Crippen molar-refractivity contribution < 1.29 is 17.6 Å². The summed E-state index contributed by atoms with van der Waals surface area (Å²) in [6, 6.07) is 26.0. The van der Waals surface area contributed by atoms with Crippen LogP contribution in [-0.2, 0) is 14.8 Å². The van der Waals surface area contributed by atoms with Crippen molar-refractivity contribution in [3.8, 4) is 0 Å². The molecular weight excluding hydrogens is 415 g/mol. The van der Waals surface area contributed by atoms with Gasteiger partial charge in [-0.2, -0.15) is 0 Å². The SMILES string of the molecule is O=C(CN(c1ccc(F)cc1)S(=O)(=O)c1ccccc1)Nc1ccc2ccccc2c1. The highest BCUT2D eigenvalue weighted by atomic mass is 32.2. The van der Waals surface area contributed by atoms with Crippen LogP contribution in [0, 0.1) is 5.82 Å². The molecule has 5 nitrogen and oxygen atoms in total. The third kappa shape index (κ3) is 4.57. The first-order chi connectivity index (χ1) is 14.9. The molecule has 0 bridgehead atoms. The minimum Gasteiger partial charge on any atom is -0.324 e. The third-order valence-electron chi connectivity index (χ3n) is 4.77. The first-order valence-electron chi connectivity index (χ1n) is 9.55. The predicted molar refractivity (Wildman–Crippen MR) is 120 cm³/mol. The summed E-state index contributed by atoms with van der Waals surface area (Å²) in [5, 5.41) is 4.73. The third-order valence-corrected chi connectivity index (χ3v) is 6.55. The van der Waals surface area contributed by atoms with Gasteiger partial charge in [-0.05, 0) is 59.3 Å². The summed E-state index contributed by atoms with van der Waals surface area (Å²) in [5.74, 6) is -1.01. The van der Waals surface area contributed by atoms with Gasteiger partial charge in [0, 0.05) is 5.69 Å². The normalized spacial score (nSPS) is 11.3. The van der Waals surface area contributed by atoms with Crippen molar-refractivity contribution in [3.63, 3.8) is 0 Å². The van der Waals surface area contributed by atoms with Crippen LogP contribution >= 0.6 is 0 Å². The highest BCUT2D eigenvalue weighted by Gasteiger charge is 2.27. The molecule has 0 aromatic heterocycles. The summed E-state index contributed by atoms with van der Waals surface area (Å²) < 4.78 is 40.8. The van der Waals surface area contributed by atoms with Gasteiger partial charge >= 0.3 is 0 Å². The van der Waals surface area contributed by atoms with Crippen LogP contribution in [0.1, 0.15) is 0 Å². The Bertz CT molecular complexity index is 1320. The number of rotatable bonds is 6. The number of hydrogen-bond acceptors (Lipinski definition) is 3. The van der Waals surface area contributed by atoms with Gasteiger partial charge in [0.15, 0.2) is 0 Å². The lowest BCUT2D eigenvalue weighted by Gasteiger charge is -2.24. The number of benzene rings is 4. The first kappa shape index (κ1) is 20.6. The van der Waals surface area contributed by atoms with Crippen LogP contribution in [0.3, 0.4) is 0 Å². The molecule has 4 aromatic rings. The van der Waals surface area contributed by atoms with Crippen molar-refractivity contribution in [3.05, 3.63) is 103 Å². The molecule has 0 aliphatic heterocycles. The number of anilines is 2. The Morgan fingerprint density at radius 1 is 0.806 bits per heavy atom. The molecule has 0 heterocycles. The van der Waals surface area contributed by atoms with Gasteiger partial charge in [0.2, 0.25) is 5.91 Å². The van der Waals surface area contributed by atoms with E-state index in [0.717, 1.165) is 27.2 Å². The van der Waals surface area contributed by atoms with Gasteiger partial charge in [-0.3, -0.25) is 9.10 Å². The number of nitrogens with zero attached hydrogens (tertiary/aromatic N) is 1. The van der Waals surface area contributed by atoms with Crippen LogP contribution in [0.15, 0.2) is 102 Å². The second kappa shape index (κ2) is 8.57. The van der Waals surface area contributed by atoms with E-state index in [-0.39, 0.29) is 10.6 Å². The van der Waals surface area contributed by atoms with Crippen LogP contribution in [0.5, 0.6) is 0 Å². The molecule has 0 radical (unpaired) electrons.